The molecule has 0 saturated heterocycles. The van der Waals surface area contributed by atoms with Gasteiger partial charge in [-0.25, -0.2) is 4.98 Å². The topological polar surface area (TPSA) is 40.7 Å². The van der Waals surface area contributed by atoms with Crippen molar-refractivity contribution in [2.75, 3.05) is 7.05 Å². The van der Waals surface area contributed by atoms with Crippen LogP contribution in [0, 0.1) is 0 Å². The number of rotatable bonds is 4. The Morgan fingerprint density at radius 1 is 1.40 bits per heavy atom. The average molecular weight is 348 g/mol. The minimum atomic E-state index is -4.35. The summed E-state index contributed by atoms with van der Waals surface area (Å²) in [7, 11) is 1.71. The normalized spacial score (nSPS) is 13.4. The van der Waals surface area contributed by atoms with E-state index in [1.165, 1.54) is 6.07 Å². The van der Waals surface area contributed by atoms with Gasteiger partial charge in [-0.15, -0.1) is 0 Å². The van der Waals surface area contributed by atoms with Crippen LogP contribution in [-0.4, -0.2) is 17.0 Å². The molecule has 0 bridgehead atoms. The number of nitrogens with zero attached hydrogens (tertiary/aromatic N) is 1. The largest absolute Gasteiger partial charge is 0.416 e. The fourth-order valence-electron chi connectivity index (χ4n) is 1.96. The molecule has 3 nitrogen and oxygen atoms in total. The monoisotopic (exact) mass is 347 g/mol. The number of hydrogen-bond acceptors (Lipinski definition) is 2. The fraction of sp³-hybridized carbons (Fsp3) is 0.308. The molecule has 108 valence electrons. The molecule has 0 spiro atoms. The van der Waals surface area contributed by atoms with E-state index in [2.05, 4.69) is 31.2 Å². The Balaban J connectivity index is 2.33. The molecule has 0 amide bonds. The Morgan fingerprint density at radius 2 is 2.15 bits per heavy atom. The maximum atomic E-state index is 12.8. The number of halogens is 4. The number of hydrogen-bond donors (Lipinski definition) is 2. The molecule has 0 aliphatic carbocycles. The maximum Gasteiger partial charge on any atom is 0.416 e. The minimum absolute atomic E-state index is 0.266. The number of nitrogens with one attached hydrogen (secondary N) is 2. The van der Waals surface area contributed by atoms with Crippen LogP contribution in [0.3, 0.4) is 0 Å². The molecule has 1 aromatic carbocycles. The van der Waals surface area contributed by atoms with Crippen LogP contribution in [0.15, 0.2) is 35.1 Å². The lowest BCUT2D eigenvalue weighted by Gasteiger charge is -2.19. The number of aromatic nitrogens is 2. The van der Waals surface area contributed by atoms with Gasteiger partial charge in [-0.1, -0.05) is 15.9 Å². The number of imidazole rings is 1. The van der Waals surface area contributed by atoms with Crippen LogP contribution < -0.4 is 5.32 Å². The second-order valence-electron chi connectivity index (χ2n) is 4.32. The third-order valence-corrected chi connectivity index (χ3v) is 3.72. The van der Waals surface area contributed by atoms with Gasteiger partial charge in [0.1, 0.15) is 5.82 Å². The van der Waals surface area contributed by atoms with Gasteiger partial charge in [0.2, 0.25) is 0 Å². The Kier molecular flexibility index (Phi) is 4.49. The number of likely N-dealkylation sites (N-methyl/N-ethyl adjacent to an activating group) is 1. The van der Waals surface area contributed by atoms with E-state index in [0.717, 1.165) is 12.1 Å². The van der Waals surface area contributed by atoms with Gasteiger partial charge >= 0.3 is 6.18 Å². The van der Waals surface area contributed by atoms with E-state index in [1.54, 1.807) is 19.4 Å². The van der Waals surface area contributed by atoms with Gasteiger partial charge in [-0.2, -0.15) is 13.2 Å². The van der Waals surface area contributed by atoms with E-state index in [9.17, 15) is 13.2 Å². The zero-order valence-corrected chi connectivity index (χ0v) is 12.2. The highest BCUT2D eigenvalue weighted by atomic mass is 79.9. The molecular weight excluding hydrogens is 335 g/mol. The summed E-state index contributed by atoms with van der Waals surface area (Å²) in [6.07, 6.45) is -0.575. The molecule has 0 fully saturated rings. The summed E-state index contributed by atoms with van der Waals surface area (Å²) >= 11 is 3.30. The average Bonchev–Trinajstić information content (AvgIpc) is 2.88. The Labute approximate surface area is 122 Å². The lowest BCUT2D eigenvalue weighted by molar-refractivity contribution is -0.137. The lowest BCUT2D eigenvalue weighted by Crippen LogP contribution is -2.20. The summed E-state index contributed by atoms with van der Waals surface area (Å²) in [6, 6.07) is 3.38. The predicted molar refractivity (Wildman–Crippen MR) is 73.2 cm³/mol. The van der Waals surface area contributed by atoms with E-state index in [-0.39, 0.29) is 6.04 Å². The zero-order chi connectivity index (χ0) is 14.8. The van der Waals surface area contributed by atoms with Gasteiger partial charge in [0, 0.05) is 29.3 Å². The van der Waals surface area contributed by atoms with E-state index >= 15 is 0 Å². The van der Waals surface area contributed by atoms with Crippen molar-refractivity contribution in [3.05, 3.63) is 52.0 Å². The van der Waals surface area contributed by atoms with E-state index < -0.39 is 11.7 Å². The van der Waals surface area contributed by atoms with Crippen molar-refractivity contribution in [2.24, 2.45) is 0 Å². The van der Waals surface area contributed by atoms with E-state index in [0.29, 0.717) is 22.3 Å². The summed E-state index contributed by atoms with van der Waals surface area (Å²) in [4.78, 5) is 7.04. The number of aromatic amines is 1. The van der Waals surface area contributed by atoms with Crippen LogP contribution in [-0.2, 0) is 12.6 Å². The quantitative estimate of drug-likeness (QED) is 0.885. The number of alkyl halides is 3. The van der Waals surface area contributed by atoms with Gasteiger partial charge in [-0.3, -0.25) is 0 Å². The smallest absolute Gasteiger partial charge is 0.349 e. The van der Waals surface area contributed by atoms with Crippen molar-refractivity contribution in [1.82, 2.24) is 15.3 Å². The SMILES string of the molecule is CNC(Cc1ncc[nH]1)c1cc(C(F)(F)F)ccc1Br. The molecule has 1 aromatic heterocycles. The minimum Gasteiger partial charge on any atom is -0.349 e. The highest BCUT2D eigenvalue weighted by molar-refractivity contribution is 9.10. The lowest BCUT2D eigenvalue weighted by atomic mass is 10.0. The first-order valence-electron chi connectivity index (χ1n) is 5.94. The van der Waals surface area contributed by atoms with Crippen LogP contribution in [0.4, 0.5) is 13.2 Å². The first-order valence-corrected chi connectivity index (χ1v) is 6.73. The summed E-state index contributed by atoms with van der Waals surface area (Å²) in [6.45, 7) is 0. The fourth-order valence-corrected chi connectivity index (χ4v) is 2.48. The van der Waals surface area contributed by atoms with Crippen LogP contribution >= 0.6 is 15.9 Å². The summed E-state index contributed by atoms with van der Waals surface area (Å²) in [5.74, 6) is 0.716. The summed E-state index contributed by atoms with van der Waals surface area (Å²) in [5, 5.41) is 3.02. The standard InChI is InChI=1S/C13H13BrF3N3/c1-18-11(7-12-19-4-5-20-12)9-6-8(13(15,16)17)2-3-10(9)14/h2-6,11,18H,7H2,1H3,(H,19,20). The first-order chi connectivity index (χ1) is 9.41. The molecule has 1 unspecified atom stereocenters. The van der Waals surface area contributed by atoms with Crippen molar-refractivity contribution in [1.29, 1.82) is 0 Å². The second-order valence-corrected chi connectivity index (χ2v) is 5.17. The highest BCUT2D eigenvalue weighted by Gasteiger charge is 2.31. The van der Waals surface area contributed by atoms with Crippen molar-refractivity contribution in [2.45, 2.75) is 18.6 Å². The van der Waals surface area contributed by atoms with Gasteiger partial charge < -0.3 is 10.3 Å². The third-order valence-electron chi connectivity index (χ3n) is 3.00. The molecule has 2 aromatic rings. The molecule has 2 rings (SSSR count). The van der Waals surface area contributed by atoms with Crippen molar-refractivity contribution in [3.63, 3.8) is 0 Å². The van der Waals surface area contributed by atoms with Crippen LogP contribution in [0.1, 0.15) is 23.0 Å². The molecule has 1 atom stereocenters. The predicted octanol–water partition coefficient (Wildman–Crippen LogP) is 3.69. The summed E-state index contributed by atoms with van der Waals surface area (Å²) < 4.78 is 39.0. The Morgan fingerprint density at radius 3 is 2.70 bits per heavy atom. The molecule has 0 radical (unpaired) electrons. The molecular formula is C13H13BrF3N3. The third kappa shape index (κ3) is 3.40. The Bertz CT molecular complexity index is 567. The molecule has 0 saturated carbocycles. The van der Waals surface area contributed by atoms with Gasteiger partial charge in [0.15, 0.2) is 0 Å². The van der Waals surface area contributed by atoms with E-state index in [1.807, 2.05) is 0 Å². The van der Waals surface area contributed by atoms with Crippen LogP contribution in [0.2, 0.25) is 0 Å². The first kappa shape index (κ1) is 15.1. The molecule has 7 heteroatoms. The van der Waals surface area contributed by atoms with E-state index in [4.69, 9.17) is 0 Å². The molecule has 1 heterocycles. The molecule has 0 aliphatic heterocycles. The number of H-pyrrole nitrogens is 1. The van der Waals surface area contributed by atoms with Crippen molar-refractivity contribution >= 4 is 15.9 Å². The Hall–Kier alpha value is -1.34. The molecule has 20 heavy (non-hydrogen) atoms. The molecule has 0 aliphatic rings. The maximum absolute atomic E-state index is 12.8. The van der Waals surface area contributed by atoms with Gasteiger partial charge in [-0.05, 0) is 30.8 Å². The van der Waals surface area contributed by atoms with Crippen molar-refractivity contribution in [3.8, 4) is 0 Å². The highest BCUT2D eigenvalue weighted by Crippen LogP contribution is 2.34. The second kappa shape index (κ2) is 5.97. The molecule has 2 N–H and O–H groups in total. The number of benzene rings is 1. The van der Waals surface area contributed by atoms with Crippen molar-refractivity contribution < 1.29 is 13.2 Å². The van der Waals surface area contributed by atoms with Gasteiger partial charge in [0.05, 0.1) is 5.56 Å². The summed E-state index contributed by atoms with van der Waals surface area (Å²) in [5.41, 5.74) is -0.103. The van der Waals surface area contributed by atoms with Crippen LogP contribution in [0.5, 0.6) is 0 Å². The van der Waals surface area contributed by atoms with Gasteiger partial charge in [0.25, 0.3) is 0 Å². The van der Waals surface area contributed by atoms with Crippen LogP contribution in [0.25, 0.3) is 0 Å². The zero-order valence-electron chi connectivity index (χ0n) is 10.6.